The van der Waals surface area contributed by atoms with Gasteiger partial charge in [-0.15, -0.1) is 0 Å². The van der Waals surface area contributed by atoms with Crippen LogP contribution in [-0.4, -0.2) is 69.0 Å². The quantitative estimate of drug-likeness (QED) is 0.369. The average molecular weight is 537 g/mol. The number of anilines is 1. The van der Waals surface area contributed by atoms with Crippen LogP contribution in [0.5, 0.6) is 0 Å². The number of piperazine rings is 1. The zero-order valence-electron chi connectivity index (χ0n) is 21.1. The van der Waals surface area contributed by atoms with Crippen LogP contribution in [0.4, 0.5) is 19.5 Å². The molecule has 14 heteroatoms. The van der Waals surface area contributed by atoms with Crippen molar-refractivity contribution in [3.8, 4) is 17.3 Å². The first kappa shape index (κ1) is 27.1. The van der Waals surface area contributed by atoms with Crippen molar-refractivity contribution in [3.05, 3.63) is 59.0 Å². The highest BCUT2D eigenvalue weighted by Gasteiger charge is 2.26. The van der Waals surface area contributed by atoms with Crippen LogP contribution in [0.2, 0.25) is 0 Å². The third-order valence-electron chi connectivity index (χ3n) is 6.20. The number of benzene rings is 1. The lowest BCUT2D eigenvalue weighted by molar-refractivity contribution is -0.118. The van der Waals surface area contributed by atoms with Gasteiger partial charge in [-0.1, -0.05) is 0 Å². The molecule has 12 nitrogen and oxygen atoms in total. The fourth-order valence-electron chi connectivity index (χ4n) is 4.31. The summed E-state index contributed by atoms with van der Waals surface area (Å²) in [4.78, 5) is 36.1. The topological polar surface area (TPSA) is 170 Å². The number of nitrogens with two attached hydrogens (primary N) is 1. The fraction of sp³-hybridized carbons (Fsp3) is 0.320. The van der Waals surface area contributed by atoms with Crippen LogP contribution in [0.3, 0.4) is 0 Å². The van der Waals surface area contributed by atoms with Crippen LogP contribution in [0.25, 0.3) is 11.3 Å². The van der Waals surface area contributed by atoms with Gasteiger partial charge in [-0.25, -0.2) is 23.5 Å². The second kappa shape index (κ2) is 11.6. The number of hydrogen-bond acceptors (Lipinski definition) is 8. The lowest BCUT2D eigenvalue weighted by Gasteiger charge is -2.35. The zero-order chi connectivity index (χ0) is 28.1. The Hall–Kier alpha value is -4.93. The summed E-state index contributed by atoms with van der Waals surface area (Å²) < 4.78 is 29.9. The molecule has 0 bridgehead atoms. The van der Waals surface area contributed by atoms with Crippen molar-refractivity contribution in [3.63, 3.8) is 0 Å². The van der Waals surface area contributed by atoms with Crippen molar-refractivity contribution in [2.75, 3.05) is 31.1 Å². The second-order valence-electron chi connectivity index (χ2n) is 8.96. The maximum absolute atomic E-state index is 14.6. The van der Waals surface area contributed by atoms with Gasteiger partial charge in [0, 0.05) is 44.4 Å². The molecule has 39 heavy (non-hydrogen) atoms. The summed E-state index contributed by atoms with van der Waals surface area (Å²) >= 11 is 0. The zero-order valence-corrected chi connectivity index (χ0v) is 21.1. The van der Waals surface area contributed by atoms with E-state index in [2.05, 4.69) is 20.4 Å². The molecule has 1 aliphatic rings. The van der Waals surface area contributed by atoms with Crippen molar-refractivity contribution in [2.45, 2.75) is 25.9 Å². The number of nitrogens with one attached hydrogen (secondary N) is 2. The highest BCUT2D eigenvalue weighted by atomic mass is 19.1. The molecule has 1 aromatic carbocycles. The standard InChI is InChI=1S/C25H26F2N10O2/c1-15-19(13-37(34-15)14-22(30)38)23-20(27)12-31-24(33-23)35-4-6-36(7-5-35)25(39)32-21(2-3-28)17-8-16(11-29)9-18(26)10-17/h3,8-10,12-13,21,28H,2,4-7,14H2,1H3,(H2,30,38)(H,32,39). The van der Waals surface area contributed by atoms with Crippen LogP contribution in [-0.2, 0) is 11.3 Å². The number of nitrogens with zero attached hydrogens (tertiary/aromatic N) is 7. The Kier molecular flexibility index (Phi) is 8.09. The van der Waals surface area contributed by atoms with Gasteiger partial charge in [-0.2, -0.15) is 10.4 Å². The molecular weight excluding hydrogens is 510 g/mol. The first-order valence-corrected chi connectivity index (χ1v) is 12.0. The van der Waals surface area contributed by atoms with Crippen molar-refractivity contribution in [1.82, 2.24) is 30.0 Å². The van der Waals surface area contributed by atoms with Crippen LogP contribution < -0.4 is 16.0 Å². The number of aryl methyl sites for hydroxylation is 1. The van der Waals surface area contributed by atoms with Crippen LogP contribution in [0, 0.1) is 35.3 Å². The van der Waals surface area contributed by atoms with Gasteiger partial charge in [0.15, 0.2) is 5.82 Å². The summed E-state index contributed by atoms with van der Waals surface area (Å²) in [5, 5.41) is 23.6. The van der Waals surface area contributed by atoms with E-state index in [-0.39, 0.29) is 30.2 Å². The van der Waals surface area contributed by atoms with Gasteiger partial charge < -0.3 is 26.3 Å². The van der Waals surface area contributed by atoms with Gasteiger partial charge in [-0.05, 0) is 36.9 Å². The number of urea groups is 1. The van der Waals surface area contributed by atoms with Crippen molar-refractivity contribution in [2.24, 2.45) is 5.73 Å². The monoisotopic (exact) mass is 536 g/mol. The Morgan fingerprint density at radius 1 is 1.26 bits per heavy atom. The molecule has 4 N–H and O–H groups in total. The highest BCUT2D eigenvalue weighted by molar-refractivity contribution is 5.76. The van der Waals surface area contributed by atoms with Gasteiger partial charge >= 0.3 is 6.03 Å². The molecule has 0 saturated carbocycles. The smallest absolute Gasteiger partial charge is 0.318 e. The van der Waals surface area contributed by atoms with Gasteiger partial charge in [0.05, 0.1) is 29.6 Å². The number of aromatic nitrogens is 4. The van der Waals surface area contributed by atoms with Gasteiger partial charge in [0.2, 0.25) is 11.9 Å². The maximum atomic E-state index is 14.6. The molecule has 0 radical (unpaired) electrons. The van der Waals surface area contributed by atoms with Crippen molar-refractivity contribution >= 4 is 24.1 Å². The molecule has 3 amide bonds. The molecule has 202 valence electrons. The predicted octanol–water partition coefficient (Wildman–Crippen LogP) is 1.90. The molecule has 1 aliphatic heterocycles. The fourth-order valence-corrected chi connectivity index (χ4v) is 4.31. The average Bonchev–Trinajstić information content (AvgIpc) is 3.27. The lowest BCUT2D eigenvalue weighted by atomic mass is 10.0. The van der Waals surface area contributed by atoms with E-state index >= 15 is 0 Å². The SMILES string of the molecule is Cc1nn(CC(N)=O)cc1-c1nc(N2CCN(C(=O)NC(CC=N)c3cc(F)cc(C#N)c3)CC2)ncc1F. The number of rotatable bonds is 8. The summed E-state index contributed by atoms with van der Waals surface area (Å²) in [6, 6.07) is 4.62. The van der Waals surface area contributed by atoms with Crippen LogP contribution >= 0.6 is 0 Å². The van der Waals surface area contributed by atoms with E-state index in [0.29, 0.717) is 43.0 Å². The molecule has 4 rings (SSSR count). The Morgan fingerprint density at radius 2 is 2.00 bits per heavy atom. The minimum absolute atomic E-state index is 0.0368. The predicted molar refractivity (Wildman–Crippen MR) is 137 cm³/mol. The van der Waals surface area contributed by atoms with E-state index in [9.17, 15) is 18.4 Å². The minimum Gasteiger partial charge on any atom is -0.368 e. The third kappa shape index (κ3) is 6.32. The number of hydrogen-bond donors (Lipinski definition) is 3. The molecule has 1 fully saturated rings. The second-order valence-corrected chi connectivity index (χ2v) is 8.96. The Morgan fingerprint density at radius 3 is 2.67 bits per heavy atom. The van der Waals surface area contributed by atoms with Gasteiger partial charge in [-0.3, -0.25) is 9.48 Å². The molecular formula is C25H26F2N10O2. The molecule has 0 aliphatic carbocycles. The van der Waals surface area contributed by atoms with Crippen molar-refractivity contribution in [1.29, 1.82) is 10.7 Å². The van der Waals surface area contributed by atoms with E-state index < -0.39 is 29.6 Å². The summed E-state index contributed by atoms with van der Waals surface area (Å²) in [5.74, 6) is -1.55. The number of nitriles is 1. The Labute approximate surface area is 222 Å². The van der Waals surface area contributed by atoms with Crippen LogP contribution in [0.1, 0.15) is 29.3 Å². The van der Waals surface area contributed by atoms with Crippen LogP contribution in [0.15, 0.2) is 30.6 Å². The first-order valence-electron chi connectivity index (χ1n) is 12.0. The number of halogens is 2. The van der Waals surface area contributed by atoms with E-state index in [1.807, 2.05) is 11.0 Å². The molecule has 1 atom stereocenters. The molecule has 0 spiro atoms. The van der Waals surface area contributed by atoms with E-state index in [4.69, 9.17) is 16.4 Å². The maximum Gasteiger partial charge on any atom is 0.318 e. The molecule has 2 aromatic heterocycles. The summed E-state index contributed by atoms with van der Waals surface area (Å²) in [6.45, 7) is 2.87. The number of carbonyl (C=O) groups excluding carboxylic acids is 2. The molecule has 1 unspecified atom stereocenters. The molecule has 1 saturated heterocycles. The number of amides is 3. The minimum atomic E-state index is -0.683. The molecule has 3 aromatic rings. The van der Waals surface area contributed by atoms with E-state index in [0.717, 1.165) is 18.5 Å². The normalized spacial score (nSPS) is 14.0. The molecule has 3 heterocycles. The van der Waals surface area contributed by atoms with Gasteiger partial charge in [0.1, 0.15) is 18.1 Å². The summed E-state index contributed by atoms with van der Waals surface area (Å²) in [5.41, 5.74) is 6.65. The van der Waals surface area contributed by atoms with E-state index in [1.54, 1.807) is 11.8 Å². The number of primary amides is 1. The Balaban J connectivity index is 1.44. The third-order valence-corrected chi connectivity index (χ3v) is 6.20. The summed E-state index contributed by atoms with van der Waals surface area (Å²) in [6.07, 6.45) is 3.81. The highest BCUT2D eigenvalue weighted by Crippen LogP contribution is 2.26. The number of carbonyl (C=O) groups is 2. The van der Waals surface area contributed by atoms with Gasteiger partial charge in [0.25, 0.3) is 0 Å². The Bertz CT molecular complexity index is 1440. The largest absolute Gasteiger partial charge is 0.368 e. The first-order chi connectivity index (χ1) is 18.7. The summed E-state index contributed by atoms with van der Waals surface area (Å²) in [7, 11) is 0. The van der Waals surface area contributed by atoms with E-state index in [1.165, 1.54) is 23.0 Å². The van der Waals surface area contributed by atoms with Crippen molar-refractivity contribution < 1.29 is 18.4 Å². The lowest BCUT2D eigenvalue weighted by Crippen LogP contribution is -2.52.